The first-order valence-electron chi connectivity index (χ1n) is 6.75. The zero-order chi connectivity index (χ0) is 12.4. The average molecular weight is 241 g/mol. The monoisotopic (exact) mass is 241 g/mol. The number of benzene rings is 1. The van der Waals surface area contributed by atoms with Gasteiger partial charge in [0.1, 0.15) is 5.54 Å². The van der Waals surface area contributed by atoms with Gasteiger partial charge in [-0.1, -0.05) is 30.3 Å². The second kappa shape index (κ2) is 4.72. The Bertz CT molecular complexity index is 437. The van der Waals surface area contributed by atoms with Gasteiger partial charge in [-0.2, -0.15) is 5.26 Å². The molecule has 0 bridgehead atoms. The quantitative estimate of drug-likeness (QED) is 0.809. The fourth-order valence-corrected chi connectivity index (χ4v) is 2.79. The van der Waals surface area contributed by atoms with Crippen LogP contribution in [0.15, 0.2) is 30.3 Å². The number of hydrogen-bond donors (Lipinski definition) is 0. The summed E-state index contributed by atoms with van der Waals surface area (Å²) in [6.07, 6.45) is 2.14. The number of piperazine rings is 1. The third-order valence-corrected chi connectivity index (χ3v) is 4.16. The van der Waals surface area contributed by atoms with Crippen LogP contribution >= 0.6 is 0 Å². The minimum absolute atomic E-state index is 0.0845. The number of nitriles is 1. The molecule has 0 amide bonds. The van der Waals surface area contributed by atoms with Crippen molar-refractivity contribution in [1.29, 1.82) is 5.26 Å². The lowest BCUT2D eigenvalue weighted by molar-refractivity contribution is 0.101. The first-order valence-corrected chi connectivity index (χ1v) is 6.75. The summed E-state index contributed by atoms with van der Waals surface area (Å²) >= 11 is 0. The molecule has 94 valence electrons. The molecule has 1 saturated heterocycles. The molecule has 3 heteroatoms. The molecule has 1 aromatic rings. The van der Waals surface area contributed by atoms with E-state index in [1.807, 2.05) is 0 Å². The van der Waals surface area contributed by atoms with E-state index in [2.05, 4.69) is 46.2 Å². The van der Waals surface area contributed by atoms with Crippen LogP contribution in [0.4, 0.5) is 0 Å². The fourth-order valence-electron chi connectivity index (χ4n) is 2.79. The summed E-state index contributed by atoms with van der Waals surface area (Å²) in [5.74, 6) is 0. The summed E-state index contributed by atoms with van der Waals surface area (Å²) in [6.45, 7) is 5.28. The normalized spacial score (nSPS) is 23.5. The van der Waals surface area contributed by atoms with Gasteiger partial charge in [0.15, 0.2) is 0 Å². The molecule has 3 rings (SSSR count). The Labute approximate surface area is 109 Å². The SMILES string of the molecule is N#CC1(N2CCN(Cc3ccccc3)CC2)CC1. The van der Waals surface area contributed by atoms with Crippen LogP contribution in [0.3, 0.4) is 0 Å². The Kier molecular flexibility index (Phi) is 3.07. The standard InChI is InChI=1S/C15H19N3/c16-13-15(6-7-15)18-10-8-17(9-11-18)12-14-4-2-1-3-5-14/h1-5H,6-12H2. The zero-order valence-corrected chi connectivity index (χ0v) is 10.7. The minimum Gasteiger partial charge on any atom is -0.297 e. The molecular weight excluding hydrogens is 222 g/mol. The van der Waals surface area contributed by atoms with Crippen molar-refractivity contribution in [1.82, 2.24) is 9.80 Å². The lowest BCUT2D eigenvalue weighted by Crippen LogP contribution is -2.50. The van der Waals surface area contributed by atoms with E-state index in [1.165, 1.54) is 5.56 Å². The Morgan fingerprint density at radius 3 is 2.28 bits per heavy atom. The predicted octanol–water partition coefficient (Wildman–Crippen LogP) is 1.86. The van der Waals surface area contributed by atoms with Gasteiger partial charge >= 0.3 is 0 Å². The van der Waals surface area contributed by atoms with E-state index in [4.69, 9.17) is 0 Å². The fraction of sp³-hybridized carbons (Fsp3) is 0.533. The molecule has 1 aliphatic heterocycles. The molecule has 0 unspecified atom stereocenters. The molecule has 0 aromatic heterocycles. The van der Waals surface area contributed by atoms with Crippen LogP contribution in [0.25, 0.3) is 0 Å². The van der Waals surface area contributed by atoms with Gasteiger partial charge in [-0.15, -0.1) is 0 Å². The molecule has 1 heterocycles. The highest BCUT2D eigenvalue weighted by Crippen LogP contribution is 2.41. The van der Waals surface area contributed by atoms with Gasteiger partial charge in [0.05, 0.1) is 6.07 Å². The van der Waals surface area contributed by atoms with Crippen molar-refractivity contribution < 1.29 is 0 Å². The van der Waals surface area contributed by atoms with Gasteiger partial charge < -0.3 is 0 Å². The van der Waals surface area contributed by atoms with Gasteiger partial charge in [0.2, 0.25) is 0 Å². The van der Waals surface area contributed by atoms with Crippen molar-refractivity contribution in [2.75, 3.05) is 26.2 Å². The summed E-state index contributed by atoms with van der Waals surface area (Å²) in [7, 11) is 0. The maximum absolute atomic E-state index is 9.20. The minimum atomic E-state index is -0.0845. The molecule has 2 aliphatic rings. The van der Waals surface area contributed by atoms with Crippen molar-refractivity contribution in [2.45, 2.75) is 24.9 Å². The maximum Gasteiger partial charge on any atom is 0.109 e. The zero-order valence-electron chi connectivity index (χ0n) is 10.7. The van der Waals surface area contributed by atoms with Crippen LogP contribution in [0, 0.1) is 11.3 Å². The molecule has 0 atom stereocenters. The summed E-state index contributed by atoms with van der Waals surface area (Å²) in [6, 6.07) is 13.1. The number of hydrogen-bond acceptors (Lipinski definition) is 3. The highest BCUT2D eigenvalue weighted by Gasteiger charge is 2.49. The van der Waals surface area contributed by atoms with Crippen LogP contribution in [0.5, 0.6) is 0 Å². The highest BCUT2D eigenvalue weighted by molar-refractivity contribution is 5.20. The summed E-state index contributed by atoms with van der Waals surface area (Å²) in [5.41, 5.74) is 1.30. The van der Waals surface area contributed by atoms with Crippen LogP contribution in [-0.4, -0.2) is 41.5 Å². The predicted molar refractivity (Wildman–Crippen MR) is 70.9 cm³/mol. The van der Waals surface area contributed by atoms with E-state index in [9.17, 15) is 5.26 Å². The average Bonchev–Trinajstić information content (AvgIpc) is 3.22. The van der Waals surface area contributed by atoms with Crippen molar-refractivity contribution in [3.05, 3.63) is 35.9 Å². The molecule has 0 radical (unpaired) electrons. The van der Waals surface area contributed by atoms with Gasteiger partial charge in [0, 0.05) is 32.7 Å². The van der Waals surface area contributed by atoms with E-state index in [0.29, 0.717) is 0 Å². The van der Waals surface area contributed by atoms with Gasteiger partial charge in [-0.25, -0.2) is 0 Å². The second-order valence-electron chi connectivity index (χ2n) is 5.39. The topological polar surface area (TPSA) is 30.3 Å². The van der Waals surface area contributed by atoms with Crippen LogP contribution < -0.4 is 0 Å². The van der Waals surface area contributed by atoms with Crippen LogP contribution in [0.2, 0.25) is 0 Å². The molecule has 1 aromatic carbocycles. The van der Waals surface area contributed by atoms with E-state index < -0.39 is 0 Å². The van der Waals surface area contributed by atoms with Crippen molar-refractivity contribution in [3.8, 4) is 6.07 Å². The van der Waals surface area contributed by atoms with Crippen molar-refractivity contribution in [3.63, 3.8) is 0 Å². The second-order valence-corrected chi connectivity index (χ2v) is 5.39. The van der Waals surface area contributed by atoms with E-state index in [-0.39, 0.29) is 5.54 Å². The molecule has 2 fully saturated rings. The smallest absolute Gasteiger partial charge is 0.109 e. The van der Waals surface area contributed by atoms with Crippen LogP contribution in [0.1, 0.15) is 18.4 Å². The molecular formula is C15H19N3. The van der Waals surface area contributed by atoms with E-state index in [0.717, 1.165) is 45.6 Å². The Hall–Kier alpha value is -1.37. The summed E-state index contributed by atoms with van der Waals surface area (Å²) in [5, 5.41) is 9.20. The number of nitrogens with zero attached hydrogens (tertiary/aromatic N) is 3. The first-order chi connectivity index (χ1) is 8.82. The van der Waals surface area contributed by atoms with Gasteiger partial charge in [-0.05, 0) is 18.4 Å². The van der Waals surface area contributed by atoms with E-state index >= 15 is 0 Å². The summed E-state index contributed by atoms with van der Waals surface area (Å²) < 4.78 is 0. The third kappa shape index (κ3) is 2.27. The van der Waals surface area contributed by atoms with Crippen molar-refractivity contribution >= 4 is 0 Å². The lowest BCUT2D eigenvalue weighted by atomic mass is 10.1. The van der Waals surface area contributed by atoms with Gasteiger partial charge in [0.25, 0.3) is 0 Å². The molecule has 0 spiro atoms. The largest absolute Gasteiger partial charge is 0.297 e. The maximum atomic E-state index is 9.20. The molecule has 3 nitrogen and oxygen atoms in total. The van der Waals surface area contributed by atoms with Gasteiger partial charge in [-0.3, -0.25) is 9.80 Å². The summed E-state index contributed by atoms with van der Waals surface area (Å²) in [4.78, 5) is 4.87. The molecule has 1 aliphatic carbocycles. The molecule has 18 heavy (non-hydrogen) atoms. The number of rotatable bonds is 3. The Balaban J connectivity index is 1.53. The Morgan fingerprint density at radius 1 is 1.06 bits per heavy atom. The van der Waals surface area contributed by atoms with Crippen LogP contribution in [-0.2, 0) is 6.54 Å². The Morgan fingerprint density at radius 2 is 1.72 bits per heavy atom. The third-order valence-electron chi connectivity index (χ3n) is 4.16. The highest BCUT2D eigenvalue weighted by atomic mass is 15.3. The molecule has 1 saturated carbocycles. The molecule has 0 N–H and O–H groups in total. The first kappa shape index (κ1) is 11.7. The van der Waals surface area contributed by atoms with Crippen molar-refractivity contribution in [2.24, 2.45) is 0 Å². The lowest BCUT2D eigenvalue weighted by Gasteiger charge is -2.37. The van der Waals surface area contributed by atoms with E-state index in [1.54, 1.807) is 0 Å².